The maximum atomic E-state index is 6.30. The molecule has 49 heavy (non-hydrogen) atoms. The number of ether oxygens (including phenoxy) is 2. The molecule has 236 valence electrons. The Morgan fingerprint density at radius 2 is 1.55 bits per heavy atom. The predicted molar refractivity (Wildman–Crippen MR) is 193 cm³/mol. The molecule has 0 bridgehead atoms. The molecule has 5 atom stereocenters. The molecule has 11 rings (SSSR count). The Kier molecular flexibility index (Phi) is 5.77. The van der Waals surface area contributed by atoms with Crippen molar-refractivity contribution in [3.63, 3.8) is 0 Å². The SMILES string of the molecule is C1=CC(c2ccc3c(c2)C=CC2Oc4ccccc4C32)C=C1N(C1=CC=C2Oc3ccccc3C2C1)C1C=Cc2oc3ccccc3c2C1. The van der Waals surface area contributed by atoms with Crippen molar-refractivity contribution in [1.29, 1.82) is 0 Å². The number of fused-ring (bicyclic) bond motifs is 11. The summed E-state index contributed by atoms with van der Waals surface area (Å²) in [5, 5.41) is 1.21. The fourth-order valence-electron chi connectivity index (χ4n) is 8.92. The monoisotopic (exact) mass is 635 g/mol. The fraction of sp³-hybridized carbons (Fsp3) is 0.156. The van der Waals surface area contributed by atoms with Crippen LogP contribution in [0.2, 0.25) is 0 Å². The molecule has 2 aliphatic heterocycles. The second-order valence-corrected chi connectivity index (χ2v) is 13.9. The van der Waals surface area contributed by atoms with Gasteiger partial charge < -0.3 is 18.8 Å². The molecule has 6 aliphatic rings. The number of rotatable bonds is 4. The van der Waals surface area contributed by atoms with Crippen LogP contribution in [0.4, 0.5) is 0 Å². The summed E-state index contributed by atoms with van der Waals surface area (Å²) in [7, 11) is 0. The van der Waals surface area contributed by atoms with Gasteiger partial charge in [-0.25, -0.2) is 0 Å². The molecule has 0 spiro atoms. The van der Waals surface area contributed by atoms with Gasteiger partial charge in [-0.1, -0.05) is 91.0 Å². The Morgan fingerprint density at radius 3 is 2.51 bits per heavy atom. The van der Waals surface area contributed by atoms with E-state index >= 15 is 0 Å². The van der Waals surface area contributed by atoms with Crippen LogP contribution in [-0.2, 0) is 6.42 Å². The number of furan rings is 1. The van der Waals surface area contributed by atoms with Gasteiger partial charge in [0, 0.05) is 52.2 Å². The van der Waals surface area contributed by atoms with Crippen LogP contribution in [0.3, 0.4) is 0 Å². The highest BCUT2D eigenvalue weighted by molar-refractivity contribution is 5.85. The first kappa shape index (κ1) is 27.2. The smallest absolute Gasteiger partial charge is 0.135 e. The molecule has 0 saturated carbocycles. The lowest BCUT2D eigenvalue weighted by atomic mass is 9.80. The number of benzene rings is 4. The Morgan fingerprint density at radius 1 is 0.694 bits per heavy atom. The molecule has 4 heteroatoms. The zero-order valence-corrected chi connectivity index (χ0v) is 26.8. The molecule has 0 fully saturated rings. The van der Waals surface area contributed by atoms with E-state index in [0.29, 0.717) is 0 Å². The standard InChI is InChI=1S/C45H33NO3/c1-4-10-39-34(7-1)37-25-31(17-21-42(37)47-39)46(32-18-22-43-38(26-32)35-8-2-5-11-40(35)48-43)30-16-13-28(24-30)27-14-19-33-29(23-27)15-20-44-45(33)36-9-3-6-12-41(36)49-44/h1-24,28,31,38,44-45H,25-26H2. The van der Waals surface area contributed by atoms with E-state index in [-0.39, 0.29) is 29.9 Å². The fourth-order valence-corrected chi connectivity index (χ4v) is 8.92. The van der Waals surface area contributed by atoms with Crippen LogP contribution >= 0.6 is 0 Å². The topological polar surface area (TPSA) is 34.8 Å². The molecular formula is C45H33NO3. The summed E-state index contributed by atoms with van der Waals surface area (Å²) in [5.41, 5.74) is 11.3. The van der Waals surface area contributed by atoms with Crippen LogP contribution < -0.4 is 9.47 Å². The molecule has 4 aliphatic carbocycles. The molecule has 3 heterocycles. The molecule has 0 radical (unpaired) electrons. The van der Waals surface area contributed by atoms with Gasteiger partial charge in [-0.2, -0.15) is 0 Å². The zero-order valence-electron chi connectivity index (χ0n) is 26.8. The summed E-state index contributed by atoms with van der Waals surface area (Å²) in [6.45, 7) is 0. The maximum absolute atomic E-state index is 6.30. The minimum atomic E-state index is 0.0640. The van der Waals surface area contributed by atoms with Crippen molar-refractivity contribution < 1.29 is 13.9 Å². The van der Waals surface area contributed by atoms with Gasteiger partial charge in [0.15, 0.2) is 0 Å². The molecular weight excluding hydrogens is 602 g/mol. The third-order valence-electron chi connectivity index (χ3n) is 11.2. The van der Waals surface area contributed by atoms with Crippen LogP contribution in [0.15, 0.2) is 155 Å². The predicted octanol–water partition coefficient (Wildman–Crippen LogP) is 10.2. The van der Waals surface area contributed by atoms with E-state index < -0.39 is 0 Å². The van der Waals surface area contributed by atoms with E-state index in [4.69, 9.17) is 13.9 Å². The van der Waals surface area contributed by atoms with E-state index in [9.17, 15) is 0 Å². The normalized spacial score (nSPS) is 24.8. The summed E-state index contributed by atoms with van der Waals surface area (Å²) >= 11 is 0. The highest BCUT2D eigenvalue weighted by Crippen LogP contribution is 2.49. The zero-order chi connectivity index (χ0) is 32.1. The van der Waals surface area contributed by atoms with Crippen LogP contribution in [-0.4, -0.2) is 17.0 Å². The van der Waals surface area contributed by atoms with Gasteiger partial charge in [-0.3, -0.25) is 0 Å². The molecule has 4 nitrogen and oxygen atoms in total. The first-order valence-corrected chi connectivity index (χ1v) is 17.4. The van der Waals surface area contributed by atoms with E-state index in [2.05, 4.69) is 145 Å². The Hall–Kier alpha value is -5.74. The van der Waals surface area contributed by atoms with E-state index in [1.807, 2.05) is 6.07 Å². The van der Waals surface area contributed by atoms with Crippen LogP contribution in [0.5, 0.6) is 11.5 Å². The first-order valence-electron chi connectivity index (χ1n) is 17.4. The molecule has 4 aromatic carbocycles. The van der Waals surface area contributed by atoms with Crippen molar-refractivity contribution in [1.82, 2.24) is 4.90 Å². The van der Waals surface area contributed by atoms with Crippen molar-refractivity contribution >= 4 is 23.1 Å². The lowest BCUT2D eigenvalue weighted by molar-refractivity contribution is 0.267. The maximum Gasteiger partial charge on any atom is 0.135 e. The highest BCUT2D eigenvalue weighted by Gasteiger charge is 2.38. The molecule has 0 amide bonds. The average molecular weight is 636 g/mol. The van der Waals surface area contributed by atoms with Crippen molar-refractivity contribution in [3.8, 4) is 11.5 Å². The number of hydrogen-bond acceptors (Lipinski definition) is 4. The van der Waals surface area contributed by atoms with Gasteiger partial charge in [0.25, 0.3) is 0 Å². The molecule has 1 aromatic heterocycles. The molecule has 0 saturated heterocycles. The summed E-state index contributed by atoms with van der Waals surface area (Å²) in [6, 6.07) is 32.5. The van der Waals surface area contributed by atoms with Crippen molar-refractivity contribution in [2.24, 2.45) is 0 Å². The van der Waals surface area contributed by atoms with Crippen molar-refractivity contribution in [3.05, 3.63) is 190 Å². The Labute approximate surface area is 285 Å². The second kappa shape index (κ2) is 10.4. The number of allylic oxidation sites excluding steroid dienone is 7. The third kappa shape index (κ3) is 4.16. The highest BCUT2D eigenvalue weighted by atomic mass is 16.5. The van der Waals surface area contributed by atoms with Crippen molar-refractivity contribution in [2.45, 2.75) is 42.7 Å². The minimum Gasteiger partial charge on any atom is -0.485 e. The van der Waals surface area contributed by atoms with E-state index in [1.165, 1.54) is 50.2 Å². The largest absolute Gasteiger partial charge is 0.485 e. The summed E-state index contributed by atoms with van der Waals surface area (Å²) in [5.74, 6) is 4.65. The van der Waals surface area contributed by atoms with Gasteiger partial charge in [-0.15, -0.1) is 0 Å². The van der Waals surface area contributed by atoms with Crippen LogP contribution in [0.1, 0.15) is 63.3 Å². The van der Waals surface area contributed by atoms with Gasteiger partial charge >= 0.3 is 0 Å². The molecule has 0 N–H and O–H groups in total. The number of para-hydroxylation sites is 3. The van der Waals surface area contributed by atoms with E-state index in [1.54, 1.807) is 0 Å². The lowest BCUT2D eigenvalue weighted by Gasteiger charge is -2.37. The number of hydrogen-bond donors (Lipinski definition) is 0. The van der Waals surface area contributed by atoms with Gasteiger partial charge in [0.1, 0.15) is 34.7 Å². The van der Waals surface area contributed by atoms with Gasteiger partial charge in [0.05, 0.1) is 17.9 Å². The quantitative estimate of drug-likeness (QED) is 0.197. The molecule has 5 unspecified atom stereocenters. The summed E-state index contributed by atoms with van der Waals surface area (Å²) < 4.78 is 18.9. The van der Waals surface area contributed by atoms with Crippen molar-refractivity contribution in [2.75, 3.05) is 0 Å². The first-order chi connectivity index (χ1) is 24.2. The van der Waals surface area contributed by atoms with Gasteiger partial charge in [-0.05, 0) is 71.3 Å². The second-order valence-electron chi connectivity index (χ2n) is 13.9. The Balaban J connectivity index is 0.955. The number of nitrogens with zero attached hydrogens (tertiary/aromatic N) is 1. The molecule has 5 aromatic rings. The Bertz CT molecular complexity index is 2400. The van der Waals surface area contributed by atoms with E-state index in [0.717, 1.165) is 41.4 Å². The van der Waals surface area contributed by atoms with Gasteiger partial charge in [0.2, 0.25) is 0 Å². The summed E-state index contributed by atoms with van der Waals surface area (Å²) in [4.78, 5) is 2.57. The van der Waals surface area contributed by atoms with Crippen LogP contribution in [0.25, 0.3) is 23.1 Å². The lowest BCUT2D eigenvalue weighted by Crippen LogP contribution is -2.35. The minimum absolute atomic E-state index is 0.0640. The third-order valence-corrected chi connectivity index (χ3v) is 11.2. The summed E-state index contributed by atoms with van der Waals surface area (Å²) in [6.07, 6.45) is 22.4. The van der Waals surface area contributed by atoms with Crippen LogP contribution in [0, 0.1) is 0 Å². The average Bonchev–Trinajstić information content (AvgIpc) is 3.94.